The van der Waals surface area contributed by atoms with Crippen LogP contribution in [0.4, 0.5) is 11.4 Å². The Kier molecular flexibility index (Phi) is 7.20. The summed E-state index contributed by atoms with van der Waals surface area (Å²) in [6.45, 7) is 1.51. The van der Waals surface area contributed by atoms with E-state index in [9.17, 15) is 20.0 Å². The van der Waals surface area contributed by atoms with E-state index in [0.717, 1.165) is 37.7 Å². The van der Waals surface area contributed by atoms with E-state index in [2.05, 4.69) is 10.2 Å². The van der Waals surface area contributed by atoms with Gasteiger partial charge in [0.15, 0.2) is 0 Å². The van der Waals surface area contributed by atoms with Gasteiger partial charge in [0.05, 0.1) is 19.1 Å². The van der Waals surface area contributed by atoms with Crippen LogP contribution in [0, 0.1) is 10.1 Å². The molecule has 0 amide bonds. The molecule has 0 saturated carbocycles. The highest BCUT2D eigenvalue weighted by Crippen LogP contribution is 2.35. The first kappa shape index (κ1) is 24.1. The van der Waals surface area contributed by atoms with Crippen LogP contribution in [-0.2, 0) is 4.79 Å². The van der Waals surface area contributed by atoms with E-state index in [0.29, 0.717) is 28.3 Å². The Hall–Kier alpha value is -4.06. The number of nitro groups is 1. The van der Waals surface area contributed by atoms with E-state index in [-0.39, 0.29) is 21.7 Å². The van der Waals surface area contributed by atoms with Crippen molar-refractivity contribution in [2.45, 2.75) is 18.1 Å². The molecule has 0 bridgehead atoms. The van der Waals surface area contributed by atoms with Crippen molar-refractivity contribution in [2.24, 2.45) is 0 Å². The van der Waals surface area contributed by atoms with Crippen LogP contribution in [0.5, 0.6) is 11.5 Å². The first-order chi connectivity index (χ1) is 16.9. The fourth-order valence-corrected chi connectivity index (χ4v) is 4.35. The lowest BCUT2D eigenvalue weighted by atomic mass is 10.1. The molecule has 12 heteroatoms. The number of aromatic nitrogens is 2. The van der Waals surface area contributed by atoms with Crippen LogP contribution < -0.4 is 14.4 Å². The Morgan fingerprint density at radius 1 is 1.14 bits per heavy atom. The highest BCUT2D eigenvalue weighted by atomic mass is 32.2. The summed E-state index contributed by atoms with van der Waals surface area (Å²) in [7, 11) is 3.03. The first-order valence-corrected chi connectivity index (χ1v) is 11.4. The van der Waals surface area contributed by atoms with Crippen molar-refractivity contribution >= 4 is 35.2 Å². The van der Waals surface area contributed by atoms with Gasteiger partial charge in [0.1, 0.15) is 22.1 Å². The Morgan fingerprint density at radius 3 is 2.43 bits per heavy atom. The van der Waals surface area contributed by atoms with Gasteiger partial charge >= 0.3 is 5.97 Å². The number of anilines is 1. The third-order valence-electron chi connectivity index (χ3n) is 5.35. The van der Waals surface area contributed by atoms with Gasteiger partial charge < -0.3 is 23.9 Å². The number of nitrogens with zero attached hydrogens (tertiary/aromatic N) is 4. The zero-order valence-electron chi connectivity index (χ0n) is 19.0. The zero-order valence-corrected chi connectivity index (χ0v) is 19.8. The highest BCUT2D eigenvalue weighted by molar-refractivity contribution is 8.03. The molecular formula is C23H22N4O7S. The number of hydrogen-bond acceptors (Lipinski definition) is 10. The van der Waals surface area contributed by atoms with E-state index < -0.39 is 10.9 Å². The Morgan fingerprint density at radius 2 is 1.83 bits per heavy atom. The highest BCUT2D eigenvalue weighted by Gasteiger charge is 2.23. The molecule has 0 aliphatic carbocycles. The van der Waals surface area contributed by atoms with Crippen LogP contribution in [0.3, 0.4) is 0 Å². The van der Waals surface area contributed by atoms with Gasteiger partial charge in [-0.25, -0.2) is 4.79 Å². The predicted molar refractivity (Wildman–Crippen MR) is 129 cm³/mol. The topological polar surface area (TPSA) is 141 Å². The largest absolute Gasteiger partial charge is 0.497 e. The SMILES string of the molecule is COc1cc(OC)cc(-c2nnc(S/C(=C/c3ccc(N4CCCC4)c([N+](=O)[O-])c3)C(=O)O)o2)c1. The number of hydrogen-bond donors (Lipinski definition) is 1. The molecule has 1 saturated heterocycles. The van der Waals surface area contributed by atoms with Crippen molar-refractivity contribution in [1.82, 2.24) is 10.2 Å². The summed E-state index contributed by atoms with van der Waals surface area (Å²) in [4.78, 5) is 24.9. The minimum absolute atomic E-state index is 0.00127. The number of nitro benzene ring substituents is 1. The van der Waals surface area contributed by atoms with Crippen molar-refractivity contribution in [3.05, 3.63) is 57.0 Å². The Labute approximate surface area is 204 Å². The minimum Gasteiger partial charge on any atom is -0.497 e. The standard InChI is InChI=1S/C23H22N4O7S/c1-32-16-11-15(12-17(13-16)33-2)21-24-25-23(34-21)35-20(22(28)29)10-14-5-6-18(19(9-14)27(30)31)26-7-3-4-8-26/h5-6,9-13H,3-4,7-8H2,1-2H3,(H,28,29)/b20-10+. The van der Waals surface area contributed by atoms with Gasteiger partial charge in [-0.3, -0.25) is 10.1 Å². The van der Waals surface area contributed by atoms with Gasteiger partial charge in [-0.05, 0) is 54.4 Å². The van der Waals surface area contributed by atoms with Gasteiger partial charge in [0.25, 0.3) is 10.9 Å². The molecule has 1 aliphatic rings. The fraction of sp³-hybridized carbons (Fsp3) is 0.261. The number of thioether (sulfide) groups is 1. The molecule has 11 nitrogen and oxygen atoms in total. The molecule has 1 aromatic heterocycles. The second-order valence-electron chi connectivity index (χ2n) is 7.59. The van der Waals surface area contributed by atoms with E-state index in [4.69, 9.17) is 13.9 Å². The van der Waals surface area contributed by atoms with Gasteiger partial charge in [0, 0.05) is 30.8 Å². The molecule has 2 heterocycles. The van der Waals surface area contributed by atoms with E-state index in [1.807, 2.05) is 4.90 Å². The summed E-state index contributed by atoms with van der Waals surface area (Å²) < 4.78 is 16.1. The number of carboxylic acid groups (broad SMARTS) is 1. The molecule has 2 aromatic carbocycles. The average molecular weight is 499 g/mol. The normalized spacial score (nSPS) is 13.7. The summed E-state index contributed by atoms with van der Waals surface area (Å²) in [5.74, 6) is -0.0298. The summed E-state index contributed by atoms with van der Waals surface area (Å²) in [6.07, 6.45) is 3.30. The Balaban J connectivity index is 1.61. The van der Waals surface area contributed by atoms with Crippen LogP contribution in [0.2, 0.25) is 0 Å². The van der Waals surface area contributed by atoms with E-state index in [1.165, 1.54) is 26.4 Å². The number of methoxy groups -OCH3 is 2. The first-order valence-electron chi connectivity index (χ1n) is 10.6. The quantitative estimate of drug-likeness (QED) is 0.193. The minimum atomic E-state index is -1.23. The third kappa shape index (κ3) is 5.54. The average Bonchev–Trinajstić information content (AvgIpc) is 3.56. The number of benzene rings is 2. The summed E-state index contributed by atoms with van der Waals surface area (Å²) >= 11 is 0.749. The lowest BCUT2D eigenvalue weighted by molar-refractivity contribution is -0.384. The van der Waals surface area contributed by atoms with Crippen LogP contribution in [0.15, 0.2) is 50.9 Å². The van der Waals surface area contributed by atoms with Gasteiger partial charge in [-0.2, -0.15) is 0 Å². The smallest absolute Gasteiger partial charge is 0.342 e. The molecule has 1 N–H and O–H groups in total. The Bertz CT molecular complexity index is 1260. The molecular weight excluding hydrogens is 476 g/mol. The molecule has 3 aromatic rings. The van der Waals surface area contributed by atoms with Gasteiger partial charge in [0.2, 0.25) is 5.89 Å². The molecule has 0 unspecified atom stereocenters. The van der Waals surface area contributed by atoms with Crippen molar-refractivity contribution in [3.8, 4) is 23.0 Å². The monoisotopic (exact) mass is 498 g/mol. The number of carbonyl (C=O) groups is 1. The van der Waals surface area contributed by atoms with Crippen LogP contribution in [0.25, 0.3) is 17.5 Å². The maximum absolute atomic E-state index is 11.9. The summed E-state index contributed by atoms with van der Waals surface area (Å²) in [6, 6.07) is 9.74. The molecule has 1 aliphatic heterocycles. The van der Waals surface area contributed by atoms with Crippen LogP contribution in [-0.4, -0.2) is 53.5 Å². The molecule has 0 radical (unpaired) electrons. The van der Waals surface area contributed by atoms with E-state index >= 15 is 0 Å². The van der Waals surface area contributed by atoms with Gasteiger partial charge in [-0.1, -0.05) is 6.07 Å². The lowest BCUT2D eigenvalue weighted by Gasteiger charge is -2.17. The van der Waals surface area contributed by atoms with Crippen LogP contribution >= 0.6 is 11.8 Å². The summed E-state index contributed by atoms with van der Waals surface area (Å²) in [5.41, 5.74) is 1.38. The van der Waals surface area contributed by atoms with Gasteiger partial charge in [-0.15, -0.1) is 10.2 Å². The number of aliphatic carboxylic acids is 1. The number of rotatable bonds is 9. The predicted octanol–water partition coefficient (Wildman–Crippen LogP) is 4.48. The molecule has 1 fully saturated rings. The van der Waals surface area contributed by atoms with Crippen molar-refractivity contribution in [3.63, 3.8) is 0 Å². The van der Waals surface area contributed by atoms with Crippen molar-refractivity contribution in [1.29, 1.82) is 0 Å². The third-order valence-corrected chi connectivity index (χ3v) is 6.21. The number of carboxylic acids is 1. The molecule has 0 atom stereocenters. The second kappa shape index (κ2) is 10.5. The zero-order chi connectivity index (χ0) is 24.9. The second-order valence-corrected chi connectivity index (χ2v) is 8.58. The number of ether oxygens (including phenoxy) is 2. The fourth-order valence-electron chi connectivity index (χ4n) is 3.68. The lowest BCUT2D eigenvalue weighted by Crippen LogP contribution is -2.18. The molecule has 0 spiro atoms. The maximum Gasteiger partial charge on any atom is 0.342 e. The maximum atomic E-state index is 11.9. The molecule has 4 rings (SSSR count). The van der Waals surface area contributed by atoms with Crippen molar-refractivity contribution in [2.75, 3.05) is 32.2 Å². The molecule has 35 heavy (non-hydrogen) atoms. The van der Waals surface area contributed by atoms with E-state index in [1.54, 1.807) is 30.3 Å². The summed E-state index contributed by atoms with van der Waals surface area (Å²) in [5, 5.41) is 29.3. The van der Waals surface area contributed by atoms with Crippen molar-refractivity contribution < 1.29 is 28.7 Å². The molecule has 182 valence electrons. The van der Waals surface area contributed by atoms with Crippen LogP contribution in [0.1, 0.15) is 18.4 Å².